The molecule has 0 spiro atoms. The van der Waals surface area contributed by atoms with Crippen molar-refractivity contribution in [2.45, 2.75) is 36.9 Å². The van der Waals surface area contributed by atoms with Gasteiger partial charge in [0, 0.05) is 63.6 Å². The topological polar surface area (TPSA) is 296 Å². The molecule has 5 aromatic rings. The molecule has 2 saturated heterocycles. The Morgan fingerprint density at radius 2 is 1.66 bits per heavy atom. The molecule has 0 bridgehead atoms. The van der Waals surface area contributed by atoms with Gasteiger partial charge in [0.25, 0.3) is 23.6 Å². The number of hydrogen-bond donors (Lipinski definition) is 4. The van der Waals surface area contributed by atoms with Gasteiger partial charge in [-0.25, -0.2) is 23.1 Å². The summed E-state index contributed by atoms with van der Waals surface area (Å²) in [5, 5.41) is 15.9. The Morgan fingerprint density at radius 1 is 0.881 bits per heavy atom. The van der Waals surface area contributed by atoms with Crippen molar-refractivity contribution in [3.63, 3.8) is 0 Å². The summed E-state index contributed by atoms with van der Waals surface area (Å²) >= 11 is 0. The second-order valence-corrected chi connectivity index (χ2v) is 17.5. The lowest BCUT2D eigenvalue weighted by atomic mass is 10.0. The Labute approximate surface area is 383 Å². The van der Waals surface area contributed by atoms with Crippen LogP contribution in [0.15, 0.2) is 84.3 Å². The lowest BCUT2D eigenvalue weighted by Crippen LogP contribution is -2.54. The van der Waals surface area contributed by atoms with E-state index in [4.69, 9.17) is 15.2 Å². The molecule has 2 fully saturated rings. The summed E-state index contributed by atoms with van der Waals surface area (Å²) in [7, 11) is -3.79. The molecule has 6 amide bonds. The van der Waals surface area contributed by atoms with Gasteiger partial charge in [-0.3, -0.25) is 48.9 Å². The highest BCUT2D eigenvalue weighted by atomic mass is 32.2. The monoisotopic (exact) mass is 935 g/mol. The van der Waals surface area contributed by atoms with E-state index in [-0.39, 0.29) is 85.4 Å². The predicted molar refractivity (Wildman–Crippen MR) is 235 cm³/mol. The molecule has 348 valence electrons. The molecule has 1 atom stereocenters. The van der Waals surface area contributed by atoms with Crippen molar-refractivity contribution in [1.29, 1.82) is 0 Å². The van der Waals surface area contributed by atoms with Crippen LogP contribution in [0.5, 0.6) is 0 Å². The minimum absolute atomic E-state index is 0.00524. The average Bonchev–Trinajstić information content (AvgIpc) is 3.88. The maximum atomic E-state index is 13.6. The van der Waals surface area contributed by atoms with Crippen LogP contribution in [0.1, 0.15) is 60.1 Å². The van der Waals surface area contributed by atoms with Crippen LogP contribution in [-0.4, -0.2) is 153 Å². The standard InChI is InChI=1S/C43H45N13O10S/c44-38-37(41(60)48-28-3-2-12-45-23-28)49-33(24-47-38)27-6-8-30(9-7-27)67(63,64)55-16-14-53(15-17-55)25-29-26-54(52-51-29)18-20-66-22-21-65-19-13-46-39(58)31-4-1-5-32-36(31)43(62)56(42(32)61)34-10-11-35(57)50-40(34)59/h1-9,12,23-24,26,34H,10-11,13-22,25H2,(H2,44,47)(H,46,58)(H,48,60)(H,50,57,59). The summed E-state index contributed by atoms with van der Waals surface area (Å²) in [6.07, 6.45) is 6.28. The van der Waals surface area contributed by atoms with E-state index in [0.29, 0.717) is 49.7 Å². The second kappa shape index (κ2) is 20.4. The van der Waals surface area contributed by atoms with Crippen LogP contribution in [0.2, 0.25) is 0 Å². The van der Waals surface area contributed by atoms with E-state index >= 15 is 0 Å². The van der Waals surface area contributed by atoms with Crippen LogP contribution >= 0.6 is 0 Å². The Bertz CT molecular complexity index is 2800. The number of pyridine rings is 1. The molecule has 8 rings (SSSR count). The van der Waals surface area contributed by atoms with E-state index in [1.165, 1.54) is 47.0 Å². The van der Waals surface area contributed by atoms with Gasteiger partial charge in [-0.15, -0.1) is 5.10 Å². The van der Waals surface area contributed by atoms with E-state index in [1.54, 1.807) is 35.1 Å². The van der Waals surface area contributed by atoms with Gasteiger partial charge in [-0.1, -0.05) is 23.4 Å². The first-order valence-corrected chi connectivity index (χ1v) is 22.7. The van der Waals surface area contributed by atoms with E-state index < -0.39 is 51.5 Å². The molecule has 6 heterocycles. The van der Waals surface area contributed by atoms with Crippen LogP contribution in [0.3, 0.4) is 0 Å². The number of rotatable bonds is 18. The van der Waals surface area contributed by atoms with Gasteiger partial charge in [-0.05, 0) is 42.8 Å². The number of piperazine rings is 1. The van der Waals surface area contributed by atoms with Crippen LogP contribution in [0, 0.1) is 0 Å². The summed E-state index contributed by atoms with van der Waals surface area (Å²) in [4.78, 5) is 91.7. The van der Waals surface area contributed by atoms with E-state index in [1.807, 2.05) is 6.20 Å². The van der Waals surface area contributed by atoms with Crippen molar-refractivity contribution in [2.24, 2.45) is 0 Å². The SMILES string of the molecule is Nc1ncc(-c2ccc(S(=O)(=O)N3CCN(Cc4cn(CCOCCOCCNC(=O)c5cccc6c5C(=O)N(C5CCC(=O)NC5=O)C6=O)nn4)CC3)cc2)nc1C(=O)Nc1cccnc1. The Kier molecular flexibility index (Phi) is 14.1. The molecule has 3 aliphatic heterocycles. The van der Waals surface area contributed by atoms with E-state index in [2.05, 4.69) is 46.1 Å². The van der Waals surface area contributed by atoms with Gasteiger partial charge in [-0.2, -0.15) is 4.31 Å². The number of nitrogens with one attached hydrogen (secondary N) is 3. The third-order valence-electron chi connectivity index (χ3n) is 11.1. The number of carbonyl (C=O) groups is 6. The Morgan fingerprint density at radius 3 is 2.40 bits per heavy atom. The minimum atomic E-state index is -3.79. The summed E-state index contributed by atoms with van der Waals surface area (Å²) in [6.45, 7) is 3.59. The van der Waals surface area contributed by atoms with Crippen molar-refractivity contribution >= 4 is 57.0 Å². The number of aromatic nitrogens is 6. The first-order chi connectivity index (χ1) is 32.4. The zero-order chi connectivity index (χ0) is 47.1. The highest BCUT2D eigenvalue weighted by Crippen LogP contribution is 2.30. The van der Waals surface area contributed by atoms with Gasteiger partial charge < -0.3 is 25.8 Å². The largest absolute Gasteiger partial charge is 0.382 e. The third-order valence-corrected chi connectivity index (χ3v) is 13.0. The van der Waals surface area contributed by atoms with Crippen LogP contribution in [0.4, 0.5) is 11.5 Å². The predicted octanol–water partition coefficient (Wildman–Crippen LogP) is 0.336. The number of sulfonamides is 1. The number of carbonyl (C=O) groups excluding carboxylic acids is 6. The molecule has 1 unspecified atom stereocenters. The number of nitrogens with zero attached hydrogens (tertiary/aromatic N) is 9. The zero-order valence-electron chi connectivity index (χ0n) is 35.9. The molecule has 3 aromatic heterocycles. The maximum absolute atomic E-state index is 13.6. The number of piperidine rings is 1. The number of nitrogens with two attached hydrogens (primary N) is 1. The first kappa shape index (κ1) is 46.2. The van der Waals surface area contributed by atoms with Crippen LogP contribution < -0.4 is 21.7 Å². The molecule has 0 saturated carbocycles. The normalized spacial score (nSPS) is 16.8. The number of amides is 6. The molecular weight excluding hydrogens is 891 g/mol. The molecule has 24 heteroatoms. The van der Waals surface area contributed by atoms with Crippen LogP contribution in [-0.2, 0) is 42.2 Å². The number of anilines is 2. The lowest BCUT2D eigenvalue weighted by molar-refractivity contribution is -0.136. The van der Waals surface area contributed by atoms with Crippen molar-refractivity contribution < 1.29 is 46.7 Å². The average molecular weight is 936 g/mol. The number of fused-ring (bicyclic) bond motifs is 1. The number of hydrogen-bond acceptors (Lipinski definition) is 17. The zero-order valence-corrected chi connectivity index (χ0v) is 36.7. The lowest BCUT2D eigenvalue weighted by Gasteiger charge is -2.33. The van der Waals surface area contributed by atoms with E-state index in [0.717, 1.165) is 10.6 Å². The van der Waals surface area contributed by atoms with Crippen LogP contribution in [0.25, 0.3) is 11.3 Å². The highest BCUT2D eigenvalue weighted by Gasteiger charge is 2.46. The number of ether oxygens (including phenoxy) is 2. The van der Waals surface area contributed by atoms with Gasteiger partial charge in [0.1, 0.15) is 6.04 Å². The summed E-state index contributed by atoms with van der Waals surface area (Å²) in [5.41, 5.74) is 7.87. The molecule has 2 aromatic carbocycles. The molecular formula is C43H45N13O10S. The first-order valence-electron chi connectivity index (χ1n) is 21.2. The number of benzene rings is 2. The van der Waals surface area contributed by atoms with Gasteiger partial charge in [0.15, 0.2) is 11.5 Å². The summed E-state index contributed by atoms with van der Waals surface area (Å²) in [5.74, 6) is -3.87. The number of nitrogen functional groups attached to an aromatic ring is 1. The van der Waals surface area contributed by atoms with E-state index in [9.17, 15) is 37.2 Å². The minimum Gasteiger partial charge on any atom is -0.382 e. The molecule has 0 radical (unpaired) electrons. The fourth-order valence-corrected chi connectivity index (χ4v) is 9.09. The van der Waals surface area contributed by atoms with Crippen molar-refractivity contribution in [3.8, 4) is 11.3 Å². The molecule has 67 heavy (non-hydrogen) atoms. The van der Waals surface area contributed by atoms with Crippen molar-refractivity contribution in [3.05, 3.63) is 107 Å². The highest BCUT2D eigenvalue weighted by molar-refractivity contribution is 7.89. The smallest absolute Gasteiger partial charge is 0.278 e. The summed E-state index contributed by atoms with van der Waals surface area (Å²) in [6, 6.07) is 12.8. The fraction of sp³-hybridized carbons (Fsp3) is 0.326. The van der Waals surface area contributed by atoms with Gasteiger partial charge in [0.05, 0.1) is 84.0 Å². The Hall–Kier alpha value is -7.38. The third kappa shape index (κ3) is 10.5. The summed E-state index contributed by atoms with van der Waals surface area (Å²) < 4.78 is 41.5. The maximum Gasteiger partial charge on any atom is 0.278 e. The fourth-order valence-electron chi connectivity index (χ4n) is 7.67. The molecule has 23 nitrogen and oxygen atoms in total. The van der Waals surface area contributed by atoms with Crippen molar-refractivity contribution in [2.75, 3.05) is 70.2 Å². The Balaban J connectivity index is 0.714. The molecule has 3 aliphatic rings. The van der Waals surface area contributed by atoms with Gasteiger partial charge >= 0.3 is 0 Å². The quantitative estimate of drug-likeness (QED) is 0.0680. The van der Waals surface area contributed by atoms with Crippen molar-refractivity contribution in [1.82, 2.24) is 54.7 Å². The molecule has 5 N–H and O–H groups in total. The number of imide groups is 2. The van der Waals surface area contributed by atoms with Gasteiger partial charge in [0.2, 0.25) is 21.8 Å². The molecule has 0 aliphatic carbocycles. The second-order valence-electron chi connectivity index (χ2n) is 15.5.